The lowest BCUT2D eigenvalue weighted by atomic mass is 9.76. The molecule has 0 spiro atoms. The second-order valence-corrected chi connectivity index (χ2v) is 7.98. The fourth-order valence-electron chi connectivity index (χ4n) is 2.83. The van der Waals surface area contributed by atoms with E-state index < -0.39 is 9.84 Å². The monoisotopic (exact) mass is 281 g/mol. The SMILES string of the molecule is CC1(CNc2ccccc2S(C)(=O)=O)CCCCC1. The summed E-state index contributed by atoms with van der Waals surface area (Å²) in [6, 6.07) is 7.16. The summed E-state index contributed by atoms with van der Waals surface area (Å²) in [7, 11) is -3.17. The molecule has 1 aromatic rings. The number of hydrogen-bond acceptors (Lipinski definition) is 3. The predicted molar refractivity (Wildman–Crippen MR) is 79.2 cm³/mol. The summed E-state index contributed by atoms with van der Waals surface area (Å²) in [5, 5.41) is 3.35. The maximum absolute atomic E-state index is 11.7. The summed E-state index contributed by atoms with van der Waals surface area (Å²) >= 11 is 0. The molecule has 19 heavy (non-hydrogen) atoms. The van der Waals surface area contributed by atoms with Gasteiger partial charge < -0.3 is 5.32 Å². The van der Waals surface area contributed by atoms with Crippen molar-refractivity contribution in [1.82, 2.24) is 0 Å². The van der Waals surface area contributed by atoms with E-state index in [1.54, 1.807) is 12.1 Å². The minimum atomic E-state index is -3.17. The van der Waals surface area contributed by atoms with Gasteiger partial charge in [0.1, 0.15) is 0 Å². The van der Waals surface area contributed by atoms with E-state index in [0.717, 1.165) is 12.2 Å². The van der Waals surface area contributed by atoms with E-state index in [2.05, 4.69) is 12.2 Å². The highest BCUT2D eigenvalue weighted by Crippen LogP contribution is 2.36. The maximum Gasteiger partial charge on any atom is 0.177 e. The van der Waals surface area contributed by atoms with Crippen LogP contribution < -0.4 is 5.32 Å². The van der Waals surface area contributed by atoms with Crippen LogP contribution in [0, 0.1) is 5.41 Å². The topological polar surface area (TPSA) is 46.2 Å². The molecule has 4 heteroatoms. The van der Waals surface area contributed by atoms with Crippen LogP contribution in [0.4, 0.5) is 5.69 Å². The molecule has 0 radical (unpaired) electrons. The first kappa shape index (κ1) is 14.4. The Labute approximate surface area is 116 Å². The third kappa shape index (κ3) is 3.72. The van der Waals surface area contributed by atoms with E-state index in [0.29, 0.717) is 10.3 Å². The second-order valence-electron chi connectivity index (χ2n) is 5.99. The summed E-state index contributed by atoms with van der Waals surface area (Å²) in [5.41, 5.74) is 1.03. The van der Waals surface area contributed by atoms with Crippen molar-refractivity contribution in [2.75, 3.05) is 18.1 Å². The Morgan fingerprint density at radius 3 is 2.42 bits per heavy atom. The van der Waals surface area contributed by atoms with Gasteiger partial charge in [-0.3, -0.25) is 0 Å². The summed E-state index contributed by atoms with van der Waals surface area (Å²) in [4.78, 5) is 0.398. The van der Waals surface area contributed by atoms with Crippen LogP contribution in [0.5, 0.6) is 0 Å². The number of sulfone groups is 1. The van der Waals surface area contributed by atoms with Crippen molar-refractivity contribution in [2.45, 2.75) is 43.9 Å². The van der Waals surface area contributed by atoms with E-state index in [-0.39, 0.29) is 0 Å². The average molecular weight is 281 g/mol. The van der Waals surface area contributed by atoms with Crippen LogP contribution in [-0.4, -0.2) is 21.2 Å². The largest absolute Gasteiger partial charge is 0.383 e. The van der Waals surface area contributed by atoms with Crippen molar-refractivity contribution in [3.63, 3.8) is 0 Å². The quantitative estimate of drug-likeness (QED) is 0.919. The zero-order valence-corrected chi connectivity index (χ0v) is 12.6. The summed E-state index contributed by atoms with van der Waals surface area (Å²) in [6.07, 6.45) is 7.60. The number of rotatable bonds is 4. The van der Waals surface area contributed by atoms with E-state index in [4.69, 9.17) is 0 Å². The van der Waals surface area contributed by atoms with Crippen LogP contribution in [0.1, 0.15) is 39.0 Å². The van der Waals surface area contributed by atoms with Gasteiger partial charge in [-0.1, -0.05) is 38.3 Å². The molecule has 0 saturated heterocycles. The Kier molecular flexibility index (Phi) is 4.19. The van der Waals surface area contributed by atoms with Crippen molar-refractivity contribution >= 4 is 15.5 Å². The zero-order chi connectivity index (χ0) is 13.9. The number of hydrogen-bond donors (Lipinski definition) is 1. The maximum atomic E-state index is 11.7. The van der Waals surface area contributed by atoms with E-state index >= 15 is 0 Å². The third-order valence-electron chi connectivity index (χ3n) is 4.05. The molecule has 0 unspecified atom stereocenters. The van der Waals surface area contributed by atoms with Crippen molar-refractivity contribution in [1.29, 1.82) is 0 Å². The average Bonchev–Trinajstić information content (AvgIpc) is 2.37. The zero-order valence-electron chi connectivity index (χ0n) is 11.8. The summed E-state index contributed by atoms with van der Waals surface area (Å²) in [5.74, 6) is 0. The van der Waals surface area contributed by atoms with Crippen LogP contribution in [0.25, 0.3) is 0 Å². The first-order valence-corrected chi connectivity index (χ1v) is 8.83. The van der Waals surface area contributed by atoms with Gasteiger partial charge in [-0.2, -0.15) is 0 Å². The highest BCUT2D eigenvalue weighted by atomic mass is 32.2. The van der Waals surface area contributed by atoms with Gasteiger partial charge in [-0.05, 0) is 30.4 Å². The van der Waals surface area contributed by atoms with Gasteiger partial charge in [0.15, 0.2) is 9.84 Å². The smallest absolute Gasteiger partial charge is 0.177 e. The lowest BCUT2D eigenvalue weighted by molar-refractivity contribution is 0.233. The van der Waals surface area contributed by atoms with Crippen molar-refractivity contribution < 1.29 is 8.42 Å². The Balaban J connectivity index is 2.12. The van der Waals surface area contributed by atoms with Crippen LogP contribution in [0.2, 0.25) is 0 Å². The molecule has 2 rings (SSSR count). The van der Waals surface area contributed by atoms with Gasteiger partial charge in [0, 0.05) is 12.8 Å². The molecule has 106 valence electrons. The molecule has 1 aliphatic rings. The van der Waals surface area contributed by atoms with Gasteiger partial charge in [0.25, 0.3) is 0 Å². The number of nitrogens with one attached hydrogen (secondary N) is 1. The molecular formula is C15H23NO2S. The Bertz CT molecular complexity index is 531. The molecule has 0 bridgehead atoms. The molecule has 0 atom stereocenters. The molecular weight excluding hydrogens is 258 g/mol. The molecule has 3 nitrogen and oxygen atoms in total. The number of anilines is 1. The molecule has 1 saturated carbocycles. The Morgan fingerprint density at radius 2 is 1.79 bits per heavy atom. The fourth-order valence-corrected chi connectivity index (χ4v) is 3.69. The summed E-state index contributed by atoms with van der Waals surface area (Å²) < 4.78 is 23.5. The van der Waals surface area contributed by atoms with Gasteiger partial charge in [0.2, 0.25) is 0 Å². The van der Waals surface area contributed by atoms with Crippen molar-refractivity contribution in [3.8, 4) is 0 Å². The lowest BCUT2D eigenvalue weighted by Crippen LogP contribution is -2.29. The van der Waals surface area contributed by atoms with E-state index in [1.165, 1.54) is 38.4 Å². The predicted octanol–water partition coefficient (Wildman–Crippen LogP) is 3.47. The van der Waals surface area contributed by atoms with Crippen LogP contribution in [-0.2, 0) is 9.84 Å². The molecule has 1 aromatic carbocycles. The van der Waals surface area contributed by atoms with E-state index in [9.17, 15) is 8.42 Å². The second kappa shape index (κ2) is 5.53. The summed E-state index contributed by atoms with van der Waals surface area (Å²) in [6.45, 7) is 3.14. The Hall–Kier alpha value is -1.03. The molecule has 0 heterocycles. The lowest BCUT2D eigenvalue weighted by Gasteiger charge is -2.34. The third-order valence-corrected chi connectivity index (χ3v) is 5.21. The molecule has 1 fully saturated rings. The van der Waals surface area contributed by atoms with Gasteiger partial charge in [-0.25, -0.2) is 8.42 Å². The standard InChI is InChI=1S/C15H23NO2S/c1-15(10-6-3-7-11-15)12-16-13-8-4-5-9-14(13)19(2,17)18/h4-5,8-9,16H,3,6-7,10-12H2,1-2H3. The molecule has 0 amide bonds. The molecule has 1 aliphatic carbocycles. The molecule has 0 aromatic heterocycles. The highest BCUT2D eigenvalue weighted by molar-refractivity contribution is 7.90. The van der Waals surface area contributed by atoms with Crippen LogP contribution in [0.3, 0.4) is 0 Å². The minimum absolute atomic E-state index is 0.295. The highest BCUT2D eigenvalue weighted by Gasteiger charge is 2.27. The minimum Gasteiger partial charge on any atom is -0.383 e. The van der Waals surface area contributed by atoms with Crippen molar-refractivity contribution in [2.24, 2.45) is 5.41 Å². The number of benzene rings is 1. The normalized spacial score (nSPS) is 19.1. The van der Waals surface area contributed by atoms with Gasteiger partial charge >= 0.3 is 0 Å². The fraction of sp³-hybridized carbons (Fsp3) is 0.600. The van der Waals surface area contributed by atoms with Gasteiger partial charge in [-0.15, -0.1) is 0 Å². The van der Waals surface area contributed by atoms with Crippen molar-refractivity contribution in [3.05, 3.63) is 24.3 Å². The van der Waals surface area contributed by atoms with Crippen LogP contribution >= 0.6 is 0 Å². The molecule has 1 N–H and O–H groups in total. The first-order valence-electron chi connectivity index (χ1n) is 6.94. The first-order chi connectivity index (χ1) is 8.91. The number of para-hydroxylation sites is 1. The molecule has 0 aliphatic heterocycles. The van der Waals surface area contributed by atoms with Gasteiger partial charge in [0.05, 0.1) is 10.6 Å². The Morgan fingerprint density at radius 1 is 1.16 bits per heavy atom. The van der Waals surface area contributed by atoms with E-state index in [1.807, 2.05) is 12.1 Å². The van der Waals surface area contributed by atoms with Crippen LogP contribution in [0.15, 0.2) is 29.2 Å².